The maximum atomic E-state index is 12.0. The molecule has 0 aliphatic carbocycles. The molecule has 1 aromatic rings. The highest BCUT2D eigenvalue weighted by molar-refractivity contribution is 7.91. The zero-order valence-corrected chi connectivity index (χ0v) is 17.3. The Kier molecular flexibility index (Phi) is 7.91. The van der Waals surface area contributed by atoms with Crippen molar-refractivity contribution in [1.29, 1.82) is 0 Å². The van der Waals surface area contributed by atoms with Gasteiger partial charge in [-0.15, -0.1) is 0 Å². The first kappa shape index (κ1) is 21.5. The Hall–Kier alpha value is -1.80. The number of hydrogen-bond acceptors (Lipinski definition) is 4. The first-order valence-corrected chi connectivity index (χ1v) is 11.2. The number of carbonyl (C=O) groups excluding carboxylic acids is 1. The first-order valence-electron chi connectivity index (χ1n) is 9.03. The minimum Gasteiger partial charge on any atom is -0.357 e. The van der Waals surface area contributed by atoms with Crippen molar-refractivity contribution in [2.24, 2.45) is 4.99 Å². The molecule has 9 heteroatoms. The minimum absolute atomic E-state index is 0.0330. The number of halogens is 1. The van der Waals surface area contributed by atoms with Gasteiger partial charge in [-0.3, -0.25) is 9.79 Å². The number of sulfone groups is 1. The van der Waals surface area contributed by atoms with Crippen LogP contribution in [0.1, 0.15) is 25.3 Å². The molecule has 1 aliphatic rings. The molecule has 27 heavy (non-hydrogen) atoms. The lowest BCUT2D eigenvalue weighted by Crippen LogP contribution is -2.39. The number of nitrogens with one attached hydrogen (secondary N) is 2. The molecule has 0 saturated carbocycles. The summed E-state index contributed by atoms with van der Waals surface area (Å²) in [6, 6.07) is 7.36. The van der Waals surface area contributed by atoms with Gasteiger partial charge in [-0.2, -0.15) is 0 Å². The van der Waals surface area contributed by atoms with Crippen LogP contribution in [0.5, 0.6) is 0 Å². The highest BCUT2D eigenvalue weighted by Gasteiger charge is 2.28. The predicted molar refractivity (Wildman–Crippen MR) is 109 cm³/mol. The Morgan fingerprint density at radius 1 is 1.37 bits per heavy atom. The summed E-state index contributed by atoms with van der Waals surface area (Å²) in [7, 11) is -1.09. The molecule has 150 valence electrons. The summed E-state index contributed by atoms with van der Waals surface area (Å²) < 4.78 is 22.9. The van der Waals surface area contributed by atoms with Gasteiger partial charge >= 0.3 is 0 Å². The summed E-state index contributed by atoms with van der Waals surface area (Å²) in [6.45, 7) is 3.60. The molecule has 7 nitrogen and oxygen atoms in total. The van der Waals surface area contributed by atoms with E-state index in [2.05, 4.69) is 15.6 Å². The van der Waals surface area contributed by atoms with E-state index in [9.17, 15) is 13.2 Å². The third kappa shape index (κ3) is 7.03. The number of hydrogen-bond donors (Lipinski definition) is 2. The zero-order chi connectivity index (χ0) is 19.9. The molecule has 2 N–H and O–H groups in total. The van der Waals surface area contributed by atoms with Crippen molar-refractivity contribution in [2.75, 3.05) is 31.6 Å². The van der Waals surface area contributed by atoms with Crippen molar-refractivity contribution in [3.63, 3.8) is 0 Å². The average molecular weight is 415 g/mol. The van der Waals surface area contributed by atoms with Crippen molar-refractivity contribution in [3.05, 3.63) is 34.9 Å². The smallest absolute Gasteiger partial charge is 0.222 e. The molecule has 0 spiro atoms. The van der Waals surface area contributed by atoms with Crippen LogP contribution >= 0.6 is 11.6 Å². The first-order chi connectivity index (χ1) is 12.8. The lowest BCUT2D eigenvalue weighted by atomic mass is 10.2. The van der Waals surface area contributed by atoms with E-state index in [0.29, 0.717) is 37.0 Å². The Morgan fingerprint density at radius 2 is 2.11 bits per heavy atom. The third-order valence-corrected chi connectivity index (χ3v) is 6.40. The Bertz CT molecular complexity index is 783. The zero-order valence-electron chi connectivity index (χ0n) is 15.7. The van der Waals surface area contributed by atoms with Crippen molar-refractivity contribution >= 4 is 33.3 Å². The molecule has 0 radical (unpaired) electrons. The minimum atomic E-state index is -3.00. The van der Waals surface area contributed by atoms with Crippen LogP contribution in [0.2, 0.25) is 5.02 Å². The topological polar surface area (TPSA) is 90.9 Å². The van der Waals surface area contributed by atoms with Crippen molar-refractivity contribution in [3.8, 4) is 0 Å². The summed E-state index contributed by atoms with van der Waals surface area (Å²) in [5.74, 6) is 0.692. The number of guanidine groups is 1. The number of nitrogens with zero attached hydrogens (tertiary/aromatic N) is 2. The molecule has 1 fully saturated rings. The fourth-order valence-electron chi connectivity index (χ4n) is 2.90. The van der Waals surface area contributed by atoms with Gasteiger partial charge in [-0.05, 0) is 25.0 Å². The quantitative estimate of drug-likeness (QED) is 0.520. The van der Waals surface area contributed by atoms with Crippen LogP contribution in [-0.4, -0.2) is 62.9 Å². The van der Waals surface area contributed by atoms with Gasteiger partial charge in [-0.1, -0.05) is 29.8 Å². The summed E-state index contributed by atoms with van der Waals surface area (Å²) in [4.78, 5) is 18.5. The van der Waals surface area contributed by atoms with E-state index in [1.165, 1.54) is 0 Å². The highest BCUT2D eigenvalue weighted by atomic mass is 35.5. The summed E-state index contributed by atoms with van der Waals surface area (Å²) in [5, 5.41) is 6.68. The second-order valence-corrected chi connectivity index (χ2v) is 9.24. The number of benzene rings is 1. The van der Waals surface area contributed by atoms with Crippen molar-refractivity contribution in [1.82, 2.24) is 15.5 Å². The van der Waals surface area contributed by atoms with E-state index >= 15 is 0 Å². The number of amides is 1. The van der Waals surface area contributed by atoms with E-state index in [1.54, 1.807) is 0 Å². The van der Waals surface area contributed by atoms with Crippen molar-refractivity contribution in [2.45, 2.75) is 32.4 Å². The fraction of sp³-hybridized carbons (Fsp3) is 0.556. The summed E-state index contributed by atoms with van der Waals surface area (Å²) in [5.41, 5.74) is 0.993. The van der Waals surface area contributed by atoms with Gasteiger partial charge in [0.15, 0.2) is 15.8 Å². The van der Waals surface area contributed by atoms with Gasteiger partial charge in [-0.25, -0.2) is 8.42 Å². The van der Waals surface area contributed by atoms with Crippen LogP contribution in [-0.2, 0) is 21.2 Å². The lowest BCUT2D eigenvalue weighted by Gasteiger charge is -2.22. The molecule has 0 bridgehead atoms. The lowest BCUT2D eigenvalue weighted by molar-refractivity contribution is -0.121. The van der Waals surface area contributed by atoms with E-state index in [-0.39, 0.29) is 29.9 Å². The monoisotopic (exact) mass is 414 g/mol. The van der Waals surface area contributed by atoms with Crippen LogP contribution in [0.25, 0.3) is 0 Å². The van der Waals surface area contributed by atoms with E-state index < -0.39 is 9.84 Å². The van der Waals surface area contributed by atoms with Crippen LogP contribution in [0.15, 0.2) is 29.3 Å². The third-order valence-electron chi connectivity index (χ3n) is 4.26. The van der Waals surface area contributed by atoms with Gasteiger partial charge in [0, 0.05) is 37.6 Å². The van der Waals surface area contributed by atoms with Crippen LogP contribution in [0.3, 0.4) is 0 Å². The van der Waals surface area contributed by atoms with Gasteiger partial charge in [0.1, 0.15) is 0 Å². The summed E-state index contributed by atoms with van der Waals surface area (Å²) >= 11 is 6.21. The second-order valence-electron chi connectivity index (χ2n) is 6.60. The molecule has 1 aliphatic heterocycles. The highest BCUT2D eigenvalue weighted by Crippen LogP contribution is 2.16. The Labute approximate surface area is 166 Å². The largest absolute Gasteiger partial charge is 0.357 e. The van der Waals surface area contributed by atoms with Gasteiger partial charge in [0.05, 0.1) is 18.1 Å². The number of aliphatic imine (C=N–C) groups is 1. The Morgan fingerprint density at radius 3 is 2.74 bits per heavy atom. The molecule has 1 saturated heterocycles. The molecule has 1 heterocycles. The molecule has 1 atom stereocenters. The summed E-state index contributed by atoms with van der Waals surface area (Å²) in [6.07, 6.45) is 0.700. The van der Waals surface area contributed by atoms with E-state index in [0.717, 1.165) is 5.56 Å². The number of rotatable bonds is 7. The molecule has 0 aromatic heterocycles. The van der Waals surface area contributed by atoms with Gasteiger partial charge in [0.25, 0.3) is 0 Å². The van der Waals surface area contributed by atoms with E-state index in [4.69, 9.17) is 11.6 Å². The molecular formula is C18H27ClN4O3S. The maximum absolute atomic E-state index is 12.0. The van der Waals surface area contributed by atoms with E-state index in [1.807, 2.05) is 43.1 Å². The fourth-order valence-corrected chi connectivity index (χ4v) is 4.77. The van der Waals surface area contributed by atoms with Gasteiger partial charge in [0.2, 0.25) is 5.91 Å². The van der Waals surface area contributed by atoms with Crippen molar-refractivity contribution < 1.29 is 13.2 Å². The molecule has 2 rings (SSSR count). The van der Waals surface area contributed by atoms with Gasteiger partial charge < -0.3 is 15.5 Å². The molecular weight excluding hydrogens is 388 g/mol. The Balaban J connectivity index is 1.87. The predicted octanol–water partition coefficient (Wildman–Crippen LogP) is 1.43. The molecule has 1 amide bonds. The van der Waals surface area contributed by atoms with Crippen LogP contribution < -0.4 is 10.6 Å². The molecule has 1 unspecified atom stereocenters. The molecule has 1 aromatic carbocycles. The second kappa shape index (κ2) is 9.94. The maximum Gasteiger partial charge on any atom is 0.222 e. The number of carbonyl (C=O) groups is 1. The normalized spacial score (nSPS) is 18.9. The standard InChI is InChI=1S/C18H27ClN4O3S/c1-3-20-18(23(2)12-14-6-4-5-7-16(14)19)21-10-8-17(24)22-15-9-11-27(25,26)13-15/h4-7,15H,3,8-13H2,1-2H3,(H,20,21)(H,22,24). The average Bonchev–Trinajstić information content (AvgIpc) is 2.94. The SMILES string of the molecule is CCNC(=NCCC(=O)NC1CCS(=O)(=O)C1)N(C)Cc1ccccc1Cl. The van der Waals surface area contributed by atoms with Crippen LogP contribution in [0.4, 0.5) is 0 Å². The van der Waals surface area contributed by atoms with Crippen LogP contribution in [0, 0.1) is 0 Å².